The van der Waals surface area contributed by atoms with Gasteiger partial charge in [0, 0.05) is 12.6 Å². The lowest BCUT2D eigenvalue weighted by atomic mass is 9.86. The van der Waals surface area contributed by atoms with Crippen molar-refractivity contribution in [3.63, 3.8) is 0 Å². The Morgan fingerprint density at radius 1 is 1.09 bits per heavy atom. The second kappa shape index (κ2) is 8.06. The highest BCUT2D eigenvalue weighted by Gasteiger charge is 2.25. The molecule has 6 nitrogen and oxygen atoms in total. The summed E-state index contributed by atoms with van der Waals surface area (Å²) in [7, 11) is 4.78. The summed E-state index contributed by atoms with van der Waals surface area (Å²) in [5.74, 6) is 1.000. The van der Waals surface area contributed by atoms with E-state index in [-0.39, 0.29) is 5.92 Å². The van der Waals surface area contributed by atoms with Crippen molar-refractivity contribution in [2.75, 3.05) is 21.3 Å². The van der Waals surface area contributed by atoms with Crippen LogP contribution in [0.5, 0.6) is 17.2 Å². The molecule has 23 heavy (non-hydrogen) atoms. The molecule has 1 fully saturated rings. The molecular weight excluding hydrogens is 298 g/mol. The number of ether oxygens (including phenoxy) is 3. The molecule has 0 spiro atoms. The first kappa shape index (κ1) is 17.4. The highest BCUT2D eigenvalue weighted by molar-refractivity contribution is 5.70. The minimum absolute atomic E-state index is 0.186. The summed E-state index contributed by atoms with van der Waals surface area (Å²) in [6.45, 7) is 0.680. The van der Waals surface area contributed by atoms with E-state index in [1.165, 1.54) is 0 Å². The number of hydrogen-bond donors (Lipinski definition) is 2. The predicted molar refractivity (Wildman–Crippen MR) is 86.3 cm³/mol. The Balaban J connectivity index is 1.97. The van der Waals surface area contributed by atoms with E-state index in [0.29, 0.717) is 29.8 Å². The van der Waals surface area contributed by atoms with Gasteiger partial charge in [0.05, 0.1) is 27.2 Å². The van der Waals surface area contributed by atoms with E-state index < -0.39 is 5.97 Å². The molecule has 0 heterocycles. The van der Waals surface area contributed by atoms with Crippen LogP contribution in [-0.4, -0.2) is 38.4 Å². The van der Waals surface area contributed by atoms with Crippen molar-refractivity contribution < 1.29 is 24.1 Å². The zero-order chi connectivity index (χ0) is 16.8. The van der Waals surface area contributed by atoms with Gasteiger partial charge in [0.25, 0.3) is 0 Å². The molecule has 1 aromatic carbocycles. The average molecular weight is 323 g/mol. The van der Waals surface area contributed by atoms with Gasteiger partial charge >= 0.3 is 5.97 Å². The van der Waals surface area contributed by atoms with E-state index in [1.807, 2.05) is 12.1 Å². The predicted octanol–water partition coefficient (Wildman–Crippen LogP) is 2.45. The molecule has 1 aliphatic rings. The van der Waals surface area contributed by atoms with Gasteiger partial charge in [-0.1, -0.05) is 0 Å². The summed E-state index contributed by atoms with van der Waals surface area (Å²) < 4.78 is 16.0. The summed E-state index contributed by atoms with van der Waals surface area (Å²) in [5, 5.41) is 12.5. The maximum Gasteiger partial charge on any atom is 0.306 e. The Hall–Kier alpha value is -1.95. The van der Waals surface area contributed by atoms with Crippen LogP contribution >= 0.6 is 0 Å². The zero-order valence-electron chi connectivity index (χ0n) is 13.9. The topological polar surface area (TPSA) is 77.0 Å². The van der Waals surface area contributed by atoms with Gasteiger partial charge in [0.15, 0.2) is 11.5 Å². The highest BCUT2D eigenvalue weighted by Crippen LogP contribution is 2.38. The molecule has 0 aromatic heterocycles. The van der Waals surface area contributed by atoms with Crippen LogP contribution in [0.3, 0.4) is 0 Å². The molecule has 1 aromatic rings. The van der Waals surface area contributed by atoms with Gasteiger partial charge in [0.1, 0.15) is 0 Å². The molecule has 0 bridgehead atoms. The SMILES string of the molecule is COc1cc(CNC2CCC(C(=O)O)CC2)cc(OC)c1OC. The number of aliphatic carboxylic acids is 1. The lowest BCUT2D eigenvalue weighted by molar-refractivity contribution is -0.142. The van der Waals surface area contributed by atoms with Crippen LogP contribution in [-0.2, 0) is 11.3 Å². The van der Waals surface area contributed by atoms with E-state index in [9.17, 15) is 4.79 Å². The minimum Gasteiger partial charge on any atom is -0.493 e. The van der Waals surface area contributed by atoms with Gasteiger partial charge in [-0.05, 0) is 43.4 Å². The van der Waals surface area contributed by atoms with Crippen molar-refractivity contribution in [1.29, 1.82) is 0 Å². The first-order chi connectivity index (χ1) is 11.1. The lowest BCUT2D eigenvalue weighted by Gasteiger charge is -2.27. The van der Waals surface area contributed by atoms with Crippen LogP contribution in [0.4, 0.5) is 0 Å². The maximum atomic E-state index is 11.0. The van der Waals surface area contributed by atoms with E-state index in [4.69, 9.17) is 19.3 Å². The Kier molecular flexibility index (Phi) is 6.10. The highest BCUT2D eigenvalue weighted by atomic mass is 16.5. The van der Waals surface area contributed by atoms with Crippen molar-refractivity contribution in [3.8, 4) is 17.2 Å². The quantitative estimate of drug-likeness (QED) is 0.802. The van der Waals surface area contributed by atoms with Crippen LogP contribution in [0.25, 0.3) is 0 Å². The Bertz CT molecular complexity index is 513. The third-order valence-corrected chi connectivity index (χ3v) is 4.40. The molecule has 2 N–H and O–H groups in total. The van der Waals surface area contributed by atoms with E-state index in [0.717, 1.165) is 31.2 Å². The molecular formula is C17H25NO5. The van der Waals surface area contributed by atoms with Crippen LogP contribution in [0.1, 0.15) is 31.2 Å². The standard InChI is InChI=1S/C17H25NO5/c1-21-14-8-11(9-15(22-2)16(14)23-3)10-18-13-6-4-12(5-7-13)17(19)20/h8-9,12-13,18H,4-7,10H2,1-3H3,(H,19,20). The van der Waals surface area contributed by atoms with Crippen LogP contribution in [0.2, 0.25) is 0 Å². The molecule has 0 saturated heterocycles. The number of hydrogen-bond acceptors (Lipinski definition) is 5. The Morgan fingerprint density at radius 2 is 1.65 bits per heavy atom. The van der Waals surface area contributed by atoms with E-state index >= 15 is 0 Å². The van der Waals surface area contributed by atoms with Gasteiger partial charge in [-0.2, -0.15) is 0 Å². The molecule has 0 aliphatic heterocycles. The second-order valence-corrected chi connectivity index (χ2v) is 5.80. The molecule has 0 amide bonds. The summed E-state index contributed by atoms with van der Waals surface area (Å²) in [6.07, 6.45) is 3.26. The van der Waals surface area contributed by atoms with Crippen molar-refractivity contribution >= 4 is 5.97 Å². The monoisotopic (exact) mass is 323 g/mol. The largest absolute Gasteiger partial charge is 0.493 e. The fraction of sp³-hybridized carbons (Fsp3) is 0.588. The fourth-order valence-electron chi connectivity index (χ4n) is 3.04. The fourth-order valence-corrected chi connectivity index (χ4v) is 3.04. The van der Waals surface area contributed by atoms with Gasteiger partial charge in [0.2, 0.25) is 5.75 Å². The number of methoxy groups -OCH3 is 3. The normalized spacial score (nSPS) is 20.8. The van der Waals surface area contributed by atoms with Gasteiger partial charge < -0.3 is 24.6 Å². The van der Waals surface area contributed by atoms with E-state index in [2.05, 4.69) is 5.32 Å². The summed E-state index contributed by atoms with van der Waals surface area (Å²) in [4.78, 5) is 11.0. The number of carbonyl (C=O) groups is 1. The molecule has 1 aliphatic carbocycles. The second-order valence-electron chi connectivity index (χ2n) is 5.80. The third kappa shape index (κ3) is 4.28. The number of benzene rings is 1. The molecule has 1 saturated carbocycles. The van der Waals surface area contributed by atoms with Crippen LogP contribution in [0, 0.1) is 5.92 Å². The van der Waals surface area contributed by atoms with Gasteiger partial charge in [-0.25, -0.2) is 0 Å². The molecule has 2 rings (SSSR count). The molecule has 0 atom stereocenters. The van der Waals surface area contributed by atoms with Crippen molar-refractivity contribution in [2.45, 2.75) is 38.3 Å². The van der Waals surface area contributed by atoms with Gasteiger partial charge in [-0.3, -0.25) is 4.79 Å². The van der Waals surface area contributed by atoms with Crippen LogP contribution < -0.4 is 19.5 Å². The Labute approximate surface area is 136 Å². The zero-order valence-corrected chi connectivity index (χ0v) is 13.9. The van der Waals surface area contributed by atoms with Crippen molar-refractivity contribution in [3.05, 3.63) is 17.7 Å². The summed E-state index contributed by atoms with van der Waals surface area (Å²) >= 11 is 0. The number of nitrogens with one attached hydrogen (secondary N) is 1. The summed E-state index contributed by atoms with van der Waals surface area (Å²) in [5.41, 5.74) is 1.04. The number of carboxylic acids is 1. The van der Waals surface area contributed by atoms with Crippen molar-refractivity contribution in [2.24, 2.45) is 5.92 Å². The molecule has 128 valence electrons. The van der Waals surface area contributed by atoms with E-state index in [1.54, 1.807) is 21.3 Å². The average Bonchev–Trinajstić information content (AvgIpc) is 2.59. The molecule has 0 radical (unpaired) electrons. The first-order valence-corrected chi connectivity index (χ1v) is 7.84. The molecule has 6 heteroatoms. The smallest absolute Gasteiger partial charge is 0.306 e. The number of rotatable bonds is 7. The minimum atomic E-state index is -0.673. The third-order valence-electron chi connectivity index (χ3n) is 4.40. The number of carboxylic acid groups (broad SMARTS) is 1. The van der Waals surface area contributed by atoms with Crippen molar-refractivity contribution in [1.82, 2.24) is 5.32 Å². The van der Waals surface area contributed by atoms with Gasteiger partial charge in [-0.15, -0.1) is 0 Å². The van der Waals surface area contributed by atoms with Crippen LogP contribution in [0.15, 0.2) is 12.1 Å². The Morgan fingerprint density at radius 3 is 2.09 bits per heavy atom. The first-order valence-electron chi connectivity index (χ1n) is 7.84. The summed E-state index contributed by atoms with van der Waals surface area (Å²) in [6, 6.07) is 4.21. The lowest BCUT2D eigenvalue weighted by Crippen LogP contribution is -2.34. The molecule has 0 unspecified atom stereocenters. The maximum absolute atomic E-state index is 11.0.